The Hall–Kier alpha value is -2.51. The molecule has 2 heterocycles. The van der Waals surface area contributed by atoms with Crippen molar-refractivity contribution in [3.63, 3.8) is 0 Å². The van der Waals surface area contributed by atoms with Crippen LogP contribution in [-0.2, 0) is 13.6 Å². The highest BCUT2D eigenvalue weighted by Gasteiger charge is 2.07. The minimum absolute atomic E-state index is 0.0356. The lowest BCUT2D eigenvalue weighted by Crippen LogP contribution is -2.21. The first-order valence-corrected chi connectivity index (χ1v) is 4.73. The maximum Gasteiger partial charge on any atom is 0.337 e. The second-order valence-electron chi connectivity index (χ2n) is 3.38. The van der Waals surface area contributed by atoms with E-state index in [-0.39, 0.29) is 17.7 Å². The Morgan fingerprint density at radius 1 is 1.47 bits per heavy atom. The smallest absolute Gasteiger partial charge is 0.337 e. The monoisotopic (exact) mass is 235 g/mol. The summed E-state index contributed by atoms with van der Waals surface area (Å²) in [6.45, 7) is 0.0911. The van der Waals surface area contributed by atoms with Crippen LogP contribution < -0.4 is 5.56 Å². The molecule has 0 saturated carbocycles. The van der Waals surface area contributed by atoms with Crippen LogP contribution in [0.15, 0.2) is 23.1 Å². The molecule has 2 rings (SSSR count). The third kappa shape index (κ3) is 2.36. The van der Waals surface area contributed by atoms with Crippen molar-refractivity contribution in [1.82, 2.24) is 24.8 Å². The largest absolute Gasteiger partial charge is 0.478 e. The van der Waals surface area contributed by atoms with Crippen LogP contribution in [0.5, 0.6) is 0 Å². The number of hydrogen-bond acceptors (Lipinski definition) is 5. The molecule has 88 valence electrons. The molecule has 2 aromatic rings. The fraction of sp³-hybridized carbons (Fsp3) is 0.222. The fourth-order valence-electron chi connectivity index (χ4n) is 1.32. The lowest BCUT2D eigenvalue weighted by Gasteiger charge is -2.02. The predicted octanol–water partition coefficient (Wildman–Crippen LogP) is -0.882. The summed E-state index contributed by atoms with van der Waals surface area (Å²) in [7, 11) is 1.60. The molecule has 0 aliphatic carbocycles. The highest BCUT2D eigenvalue weighted by atomic mass is 16.4. The number of nitrogens with zero attached hydrogens (tertiary/aromatic N) is 5. The molecular formula is C9H9N5O3. The van der Waals surface area contributed by atoms with Crippen molar-refractivity contribution >= 4 is 5.97 Å². The molecule has 0 atom stereocenters. The van der Waals surface area contributed by atoms with Crippen LogP contribution in [0.3, 0.4) is 0 Å². The van der Waals surface area contributed by atoms with Gasteiger partial charge in [-0.15, -0.1) is 10.2 Å². The minimum atomic E-state index is -1.09. The summed E-state index contributed by atoms with van der Waals surface area (Å²) in [6, 6.07) is 2.45. The molecule has 0 radical (unpaired) electrons. The zero-order valence-electron chi connectivity index (χ0n) is 8.94. The standard InChI is InChI=1S/C9H9N5O3/c1-13-11-7(10-12-13)5-14-4-6(9(16)17)2-3-8(14)15/h2-4H,5H2,1H3,(H,16,17). The van der Waals surface area contributed by atoms with E-state index >= 15 is 0 Å². The Labute approximate surface area is 95.1 Å². The molecule has 0 aliphatic heterocycles. The van der Waals surface area contributed by atoms with E-state index < -0.39 is 5.97 Å². The van der Waals surface area contributed by atoms with Crippen molar-refractivity contribution in [1.29, 1.82) is 0 Å². The molecule has 0 bridgehead atoms. The van der Waals surface area contributed by atoms with Crippen molar-refractivity contribution in [2.75, 3.05) is 0 Å². The highest BCUT2D eigenvalue weighted by molar-refractivity contribution is 5.87. The van der Waals surface area contributed by atoms with Crippen LogP contribution in [-0.4, -0.2) is 35.9 Å². The quantitative estimate of drug-likeness (QED) is 0.740. The molecular weight excluding hydrogens is 226 g/mol. The molecule has 0 fully saturated rings. The van der Waals surface area contributed by atoms with Gasteiger partial charge < -0.3 is 9.67 Å². The van der Waals surface area contributed by atoms with Crippen molar-refractivity contribution in [2.24, 2.45) is 7.05 Å². The molecule has 8 nitrogen and oxygen atoms in total. The topological polar surface area (TPSA) is 103 Å². The number of hydrogen-bond donors (Lipinski definition) is 1. The number of carboxylic acid groups (broad SMARTS) is 1. The van der Waals surface area contributed by atoms with Gasteiger partial charge in [-0.25, -0.2) is 4.79 Å². The van der Waals surface area contributed by atoms with Crippen LogP contribution in [0.1, 0.15) is 16.2 Å². The van der Waals surface area contributed by atoms with Gasteiger partial charge in [0.25, 0.3) is 5.56 Å². The zero-order valence-corrected chi connectivity index (χ0v) is 8.94. The average Bonchev–Trinajstić information content (AvgIpc) is 2.67. The van der Waals surface area contributed by atoms with Gasteiger partial charge in [0, 0.05) is 12.3 Å². The van der Waals surface area contributed by atoms with Gasteiger partial charge in [-0.1, -0.05) is 0 Å². The van der Waals surface area contributed by atoms with Crippen molar-refractivity contribution in [3.8, 4) is 0 Å². The number of aromatic carboxylic acids is 1. The minimum Gasteiger partial charge on any atom is -0.478 e. The van der Waals surface area contributed by atoms with Crippen LogP contribution in [0, 0.1) is 0 Å². The van der Waals surface area contributed by atoms with E-state index in [2.05, 4.69) is 15.4 Å². The highest BCUT2D eigenvalue weighted by Crippen LogP contribution is 1.97. The maximum atomic E-state index is 11.5. The number of aromatic nitrogens is 5. The van der Waals surface area contributed by atoms with E-state index in [0.717, 1.165) is 0 Å². The van der Waals surface area contributed by atoms with Crippen LogP contribution in [0.25, 0.3) is 0 Å². The molecule has 0 unspecified atom stereocenters. The fourth-order valence-corrected chi connectivity index (χ4v) is 1.32. The Morgan fingerprint density at radius 2 is 2.24 bits per heavy atom. The summed E-state index contributed by atoms with van der Waals surface area (Å²) >= 11 is 0. The molecule has 0 aliphatic rings. The second-order valence-corrected chi connectivity index (χ2v) is 3.38. The molecule has 2 aromatic heterocycles. The Kier molecular flexibility index (Phi) is 2.69. The van der Waals surface area contributed by atoms with Crippen LogP contribution >= 0.6 is 0 Å². The van der Waals surface area contributed by atoms with Gasteiger partial charge in [-0.2, -0.15) is 4.80 Å². The third-order valence-electron chi connectivity index (χ3n) is 2.09. The predicted molar refractivity (Wildman–Crippen MR) is 55.6 cm³/mol. The van der Waals surface area contributed by atoms with Crippen LogP contribution in [0.2, 0.25) is 0 Å². The second kappa shape index (κ2) is 4.16. The Morgan fingerprint density at radius 3 is 2.82 bits per heavy atom. The van der Waals surface area contributed by atoms with E-state index in [0.29, 0.717) is 5.82 Å². The molecule has 0 saturated heterocycles. The number of pyridine rings is 1. The summed E-state index contributed by atoms with van der Waals surface area (Å²) in [5.74, 6) is -0.747. The molecule has 8 heteroatoms. The number of carbonyl (C=O) groups is 1. The summed E-state index contributed by atoms with van der Waals surface area (Å²) in [5, 5.41) is 20.1. The Balaban J connectivity index is 2.35. The summed E-state index contributed by atoms with van der Waals surface area (Å²) < 4.78 is 1.22. The Bertz CT molecular complexity index is 615. The van der Waals surface area contributed by atoms with Gasteiger partial charge in [0.2, 0.25) is 0 Å². The van der Waals surface area contributed by atoms with Gasteiger partial charge in [0.05, 0.1) is 19.2 Å². The molecule has 0 spiro atoms. The lowest BCUT2D eigenvalue weighted by atomic mass is 10.3. The van der Waals surface area contributed by atoms with Gasteiger partial charge in [-0.3, -0.25) is 4.79 Å². The van der Waals surface area contributed by atoms with Crippen molar-refractivity contribution in [2.45, 2.75) is 6.54 Å². The van der Waals surface area contributed by atoms with Crippen LogP contribution in [0.4, 0.5) is 0 Å². The van der Waals surface area contributed by atoms with Crippen molar-refractivity contribution < 1.29 is 9.90 Å². The van der Waals surface area contributed by atoms with Gasteiger partial charge in [0.1, 0.15) is 0 Å². The lowest BCUT2D eigenvalue weighted by molar-refractivity contribution is 0.0696. The molecule has 0 amide bonds. The van der Waals surface area contributed by atoms with Gasteiger partial charge in [-0.05, 0) is 11.3 Å². The SMILES string of the molecule is Cn1nnc(Cn2cc(C(=O)O)ccc2=O)n1. The zero-order chi connectivity index (χ0) is 12.4. The summed E-state index contributed by atoms with van der Waals surface area (Å²) in [6.07, 6.45) is 1.25. The van der Waals surface area contributed by atoms with E-state index in [1.807, 2.05) is 0 Å². The van der Waals surface area contributed by atoms with E-state index in [9.17, 15) is 9.59 Å². The van der Waals surface area contributed by atoms with E-state index in [4.69, 9.17) is 5.11 Å². The third-order valence-corrected chi connectivity index (χ3v) is 2.09. The average molecular weight is 235 g/mol. The summed E-state index contributed by atoms with van der Waals surface area (Å²) in [5.41, 5.74) is -0.282. The van der Waals surface area contributed by atoms with E-state index in [1.165, 1.54) is 27.7 Å². The first kappa shape index (κ1) is 11.0. The molecule has 1 N–H and O–H groups in total. The number of carboxylic acids is 1. The van der Waals surface area contributed by atoms with E-state index in [1.54, 1.807) is 7.05 Å². The van der Waals surface area contributed by atoms with Gasteiger partial charge in [0.15, 0.2) is 5.82 Å². The number of rotatable bonds is 3. The van der Waals surface area contributed by atoms with Gasteiger partial charge >= 0.3 is 5.97 Å². The molecule has 0 aromatic carbocycles. The summed E-state index contributed by atoms with van der Waals surface area (Å²) in [4.78, 5) is 23.5. The number of tetrazole rings is 1. The normalized spacial score (nSPS) is 10.4. The number of aryl methyl sites for hydroxylation is 1. The first-order chi connectivity index (χ1) is 8.06. The van der Waals surface area contributed by atoms with Crippen molar-refractivity contribution in [3.05, 3.63) is 40.1 Å². The first-order valence-electron chi connectivity index (χ1n) is 4.73. The maximum absolute atomic E-state index is 11.5. The molecule has 17 heavy (non-hydrogen) atoms.